The number of nitro groups is 1. The molecule has 1 amide bonds. The van der Waals surface area contributed by atoms with Gasteiger partial charge >= 0.3 is 0 Å². The number of nitrogens with zero attached hydrogens (tertiary/aromatic N) is 3. The standard InChI is InChI=1S/C11H12N4O7S/c1-6(16)10(11(17)12-2)14-13-8-4-3-7(23(20,21)22)5-9(8)15(18)19/h3-5,16H,1-2H3,(H,12,17)(H,20,21,22). The predicted octanol–water partition coefficient (Wildman–Crippen LogP) is 1.46. The van der Waals surface area contributed by atoms with Gasteiger partial charge in [-0.2, -0.15) is 8.42 Å². The molecule has 0 spiro atoms. The van der Waals surface area contributed by atoms with Gasteiger partial charge in [-0.3, -0.25) is 19.5 Å². The number of rotatable bonds is 5. The van der Waals surface area contributed by atoms with E-state index in [0.29, 0.717) is 6.07 Å². The second kappa shape index (κ2) is 6.93. The summed E-state index contributed by atoms with van der Waals surface area (Å²) in [5.74, 6) is -1.24. The molecule has 1 rings (SSSR count). The lowest BCUT2D eigenvalue weighted by Crippen LogP contribution is -2.20. The molecule has 0 saturated carbocycles. The molecule has 23 heavy (non-hydrogen) atoms. The maximum Gasteiger partial charge on any atom is 0.298 e. The van der Waals surface area contributed by atoms with Crippen molar-refractivity contribution in [1.29, 1.82) is 0 Å². The third kappa shape index (κ3) is 4.55. The Labute approximate surface area is 130 Å². The van der Waals surface area contributed by atoms with Crippen LogP contribution in [0.5, 0.6) is 0 Å². The van der Waals surface area contributed by atoms with Gasteiger partial charge in [0.2, 0.25) is 0 Å². The Morgan fingerprint density at radius 2 is 2.00 bits per heavy atom. The SMILES string of the molecule is CNC(=O)C(N=Nc1ccc(S(=O)(=O)O)cc1[N+](=O)[O-])=C(C)O. The number of carbonyl (C=O) groups is 1. The van der Waals surface area contributed by atoms with Crippen LogP contribution in [0.25, 0.3) is 0 Å². The summed E-state index contributed by atoms with van der Waals surface area (Å²) in [6, 6.07) is 2.41. The molecule has 0 aromatic heterocycles. The fourth-order valence-corrected chi connectivity index (χ4v) is 1.90. The van der Waals surface area contributed by atoms with Gasteiger partial charge in [0.05, 0.1) is 4.92 Å². The third-order valence-corrected chi connectivity index (χ3v) is 3.33. The lowest BCUT2D eigenvalue weighted by molar-refractivity contribution is -0.384. The molecule has 0 aliphatic rings. The van der Waals surface area contributed by atoms with E-state index in [1.807, 2.05) is 0 Å². The number of aliphatic hydroxyl groups excluding tert-OH is 1. The van der Waals surface area contributed by atoms with E-state index in [-0.39, 0.29) is 5.69 Å². The van der Waals surface area contributed by atoms with Crippen molar-refractivity contribution >= 4 is 27.4 Å². The monoisotopic (exact) mass is 344 g/mol. The topological polar surface area (TPSA) is 172 Å². The molecule has 1 aromatic rings. The van der Waals surface area contributed by atoms with E-state index in [4.69, 9.17) is 4.55 Å². The van der Waals surface area contributed by atoms with Crippen molar-refractivity contribution in [1.82, 2.24) is 5.32 Å². The lowest BCUT2D eigenvalue weighted by Gasteiger charge is -2.02. The Kier molecular flexibility index (Phi) is 5.48. The minimum atomic E-state index is -4.63. The Bertz CT molecular complexity index is 810. The van der Waals surface area contributed by atoms with Crippen LogP contribution in [0.1, 0.15) is 6.92 Å². The lowest BCUT2D eigenvalue weighted by atomic mass is 10.3. The van der Waals surface area contributed by atoms with Crippen LogP contribution in [-0.2, 0) is 14.9 Å². The van der Waals surface area contributed by atoms with Crippen LogP contribution in [0.2, 0.25) is 0 Å². The van der Waals surface area contributed by atoms with Crippen LogP contribution in [0.4, 0.5) is 11.4 Å². The second-order valence-corrected chi connectivity index (χ2v) is 5.52. The smallest absolute Gasteiger partial charge is 0.298 e. The molecule has 0 radical (unpaired) electrons. The number of nitro benzene ring substituents is 1. The van der Waals surface area contributed by atoms with E-state index in [9.17, 15) is 28.4 Å². The van der Waals surface area contributed by atoms with Gasteiger partial charge in [-0.15, -0.1) is 10.2 Å². The molecule has 0 unspecified atom stereocenters. The quantitative estimate of drug-likeness (QED) is 0.181. The average molecular weight is 344 g/mol. The molecular weight excluding hydrogens is 332 g/mol. The molecule has 12 heteroatoms. The van der Waals surface area contributed by atoms with Gasteiger partial charge in [0.1, 0.15) is 10.7 Å². The number of allylic oxidation sites excluding steroid dienone is 1. The number of benzene rings is 1. The highest BCUT2D eigenvalue weighted by Crippen LogP contribution is 2.30. The normalized spacial score (nSPS) is 12.8. The number of aliphatic hydroxyl groups is 1. The highest BCUT2D eigenvalue weighted by Gasteiger charge is 2.20. The van der Waals surface area contributed by atoms with Crippen molar-refractivity contribution in [3.8, 4) is 0 Å². The zero-order valence-corrected chi connectivity index (χ0v) is 12.7. The number of azo groups is 1. The van der Waals surface area contributed by atoms with Gasteiger partial charge in [-0.05, 0) is 19.1 Å². The number of likely N-dealkylation sites (N-methyl/N-ethyl adjacent to an activating group) is 1. The molecule has 0 atom stereocenters. The first-order chi connectivity index (χ1) is 10.6. The molecule has 0 bridgehead atoms. The van der Waals surface area contributed by atoms with Gasteiger partial charge in [0.25, 0.3) is 21.7 Å². The second-order valence-electron chi connectivity index (χ2n) is 4.10. The van der Waals surface area contributed by atoms with Crippen molar-refractivity contribution < 1.29 is 27.8 Å². The first kappa shape index (κ1) is 18.2. The predicted molar refractivity (Wildman–Crippen MR) is 76.8 cm³/mol. The van der Waals surface area contributed by atoms with E-state index >= 15 is 0 Å². The highest BCUT2D eigenvalue weighted by atomic mass is 32.2. The van der Waals surface area contributed by atoms with Crippen LogP contribution in [0, 0.1) is 10.1 Å². The van der Waals surface area contributed by atoms with Crippen LogP contribution in [0.15, 0.2) is 44.8 Å². The highest BCUT2D eigenvalue weighted by molar-refractivity contribution is 7.85. The number of nitrogens with one attached hydrogen (secondary N) is 1. The fraction of sp³-hybridized carbons (Fsp3) is 0.182. The van der Waals surface area contributed by atoms with E-state index < -0.39 is 43.0 Å². The first-order valence-corrected chi connectivity index (χ1v) is 7.31. The maximum absolute atomic E-state index is 11.5. The first-order valence-electron chi connectivity index (χ1n) is 5.87. The fourth-order valence-electron chi connectivity index (χ4n) is 1.40. The number of hydrogen-bond acceptors (Lipinski definition) is 8. The zero-order valence-electron chi connectivity index (χ0n) is 11.9. The van der Waals surface area contributed by atoms with Crippen molar-refractivity contribution in [2.24, 2.45) is 10.2 Å². The van der Waals surface area contributed by atoms with E-state index in [1.165, 1.54) is 14.0 Å². The van der Waals surface area contributed by atoms with E-state index in [0.717, 1.165) is 12.1 Å². The minimum absolute atomic E-state index is 0.370. The largest absolute Gasteiger partial charge is 0.510 e. The molecule has 0 heterocycles. The van der Waals surface area contributed by atoms with Gasteiger partial charge in [-0.25, -0.2) is 0 Å². The maximum atomic E-state index is 11.5. The summed E-state index contributed by atoms with van der Waals surface area (Å²) in [7, 11) is -3.35. The van der Waals surface area contributed by atoms with Gasteiger partial charge < -0.3 is 10.4 Å². The zero-order chi connectivity index (χ0) is 17.8. The Morgan fingerprint density at radius 1 is 1.39 bits per heavy atom. The molecule has 11 nitrogen and oxygen atoms in total. The summed E-state index contributed by atoms with van der Waals surface area (Å²) in [5, 5.41) is 29.4. The summed E-state index contributed by atoms with van der Waals surface area (Å²) < 4.78 is 30.9. The summed E-state index contributed by atoms with van der Waals surface area (Å²) in [4.78, 5) is 20.8. The Balaban J connectivity index is 3.39. The van der Waals surface area contributed by atoms with Crippen molar-refractivity contribution in [3.05, 3.63) is 39.8 Å². The molecule has 1 aromatic carbocycles. The van der Waals surface area contributed by atoms with Crippen molar-refractivity contribution in [3.63, 3.8) is 0 Å². The molecular formula is C11H12N4O7S. The average Bonchev–Trinajstić information content (AvgIpc) is 2.45. The molecule has 0 fully saturated rings. The third-order valence-electron chi connectivity index (χ3n) is 2.48. The summed E-state index contributed by atoms with van der Waals surface area (Å²) in [6.45, 7) is 1.17. The van der Waals surface area contributed by atoms with Crippen molar-refractivity contribution in [2.75, 3.05) is 7.05 Å². The number of hydrogen-bond donors (Lipinski definition) is 3. The molecule has 124 valence electrons. The van der Waals surface area contributed by atoms with Crippen LogP contribution in [0.3, 0.4) is 0 Å². The summed E-state index contributed by atoms with van der Waals surface area (Å²) in [6.07, 6.45) is 0. The van der Waals surface area contributed by atoms with E-state index in [1.54, 1.807) is 0 Å². The number of carbonyl (C=O) groups excluding carboxylic acids is 1. The molecule has 0 aliphatic carbocycles. The molecule has 3 N–H and O–H groups in total. The van der Waals surface area contributed by atoms with Crippen molar-refractivity contribution in [2.45, 2.75) is 11.8 Å². The van der Waals surface area contributed by atoms with Gasteiger partial charge in [-0.1, -0.05) is 0 Å². The molecule has 0 saturated heterocycles. The Hall–Kier alpha value is -2.86. The molecule has 0 aliphatic heterocycles. The summed E-state index contributed by atoms with van der Waals surface area (Å²) >= 11 is 0. The van der Waals surface area contributed by atoms with Crippen LogP contribution >= 0.6 is 0 Å². The van der Waals surface area contributed by atoms with Gasteiger partial charge in [0.15, 0.2) is 11.4 Å². The van der Waals surface area contributed by atoms with E-state index in [2.05, 4.69) is 15.5 Å². The van der Waals surface area contributed by atoms with Crippen LogP contribution < -0.4 is 5.32 Å². The summed E-state index contributed by atoms with van der Waals surface area (Å²) in [5.41, 5.74) is -1.60. The van der Waals surface area contributed by atoms with Crippen LogP contribution in [-0.4, -0.2) is 36.0 Å². The van der Waals surface area contributed by atoms with Gasteiger partial charge in [0, 0.05) is 13.1 Å². The Morgan fingerprint density at radius 3 is 2.43 bits per heavy atom. The minimum Gasteiger partial charge on any atom is -0.510 e. The number of amides is 1.